The van der Waals surface area contributed by atoms with E-state index in [4.69, 9.17) is 0 Å². The summed E-state index contributed by atoms with van der Waals surface area (Å²) in [6, 6.07) is 26.0. The molecule has 3 N–H and O–H groups in total. The van der Waals surface area contributed by atoms with Crippen LogP contribution in [0.15, 0.2) is 95.5 Å². The summed E-state index contributed by atoms with van der Waals surface area (Å²) in [6.45, 7) is 0. The van der Waals surface area contributed by atoms with Gasteiger partial charge < -0.3 is 15.5 Å². The van der Waals surface area contributed by atoms with Crippen LogP contribution in [0.25, 0.3) is 5.57 Å². The number of rotatable bonds is 5. The van der Waals surface area contributed by atoms with Crippen molar-refractivity contribution in [1.29, 1.82) is 0 Å². The molecule has 0 heterocycles. The Balaban J connectivity index is 1.86. The second-order valence-electron chi connectivity index (χ2n) is 7.24. The van der Waals surface area contributed by atoms with Gasteiger partial charge in [-0.25, -0.2) is 4.79 Å². The molecule has 3 aromatic rings. The molecule has 0 aliphatic heterocycles. The van der Waals surface area contributed by atoms with Gasteiger partial charge in [-0.1, -0.05) is 76.6 Å². The lowest BCUT2D eigenvalue weighted by Gasteiger charge is -2.32. The van der Waals surface area contributed by atoms with Gasteiger partial charge in [-0.15, -0.1) is 0 Å². The number of halogens is 1. The van der Waals surface area contributed by atoms with E-state index >= 15 is 0 Å². The molecular formula is C24H20BrNO3. The molecule has 0 fully saturated rings. The fourth-order valence-electron chi connectivity index (χ4n) is 3.89. The second kappa shape index (κ2) is 7.50. The van der Waals surface area contributed by atoms with E-state index < -0.39 is 17.1 Å². The predicted molar refractivity (Wildman–Crippen MR) is 118 cm³/mol. The number of anilines is 1. The van der Waals surface area contributed by atoms with Gasteiger partial charge >= 0.3 is 5.97 Å². The predicted octanol–water partition coefficient (Wildman–Crippen LogP) is 5.06. The van der Waals surface area contributed by atoms with Crippen LogP contribution in [0.4, 0.5) is 5.69 Å². The van der Waals surface area contributed by atoms with Gasteiger partial charge in [0.15, 0.2) is 5.54 Å². The quantitative estimate of drug-likeness (QED) is 0.509. The molecule has 0 unspecified atom stereocenters. The molecule has 0 saturated carbocycles. The third-order valence-electron chi connectivity index (χ3n) is 5.30. The molecule has 0 saturated heterocycles. The van der Waals surface area contributed by atoms with E-state index in [1.165, 1.54) is 0 Å². The van der Waals surface area contributed by atoms with Gasteiger partial charge in [0.25, 0.3) is 0 Å². The Kier molecular flexibility index (Phi) is 5.03. The molecule has 0 bridgehead atoms. The minimum Gasteiger partial charge on any atom is -0.479 e. The Labute approximate surface area is 177 Å². The van der Waals surface area contributed by atoms with Crippen molar-refractivity contribution in [3.63, 3.8) is 0 Å². The number of carboxylic acid groups (broad SMARTS) is 1. The standard InChI is InChI=1S/C24H20BrNO3/c25-19-11-13-20(14-12-19)26-23(22(27)28)15-21(17-7-3-1-4-8-17)24(29,16-23)18-9-5-2-6-10-18/h1-15,26,29H,16H2,(H,27,28)/t23-,24-/m0/s1. The summed E-state index contributed by atoms with van der Waals surface area (Å²) in [4.78, 5) is 12.5. The zero-order valence-electron chi connectivity index (χ0n) is 15.5. The highest BCUT2D eigenvalue weighted by atomic mass is 79.9. The van der Waals surface area contributed by atoms with E-state index in [9.17, 15) is 15.0 Å². The Hall–Kier alpha value is -2.89. The van der Waals surface area contributed by atoms with Gasteiger partial charge in [0.05, 0.1) is 0 Å². The van der Waals surface area contributed by atoms with Gasteiger partial charge in [-0.05, 0) is 47.0 Å². The number of nitrogens with one attached hydrogen (secondary N) is 1. The van der Waals surface area contributed by atoms with E-state index in [1.807, 2.05) is 84.9 Å². The number of hydrogen-bond donors (Lipinski definition) is 3. The van der Waals surface area contributed by atoms with Crippen LogP contribution in [0, 0.1) is 0 Å². The first-order chi connectivity index (χ1) is 13.9. The molecule has 1 aliphatic rings. The molecule has 1 aliphatic carbocycles. The van der Waals surface area contributed by atoms with E-state index in [-0.39, 0.29) is 6.42 Å². The molecule has 3 aromatic carbocycles. The Morgan fingerprint density at radius 1 is 0.897 bits per heavy atom. The molecule has 4 nitrogen and oxygen atoms in total. The van der Waals surface area contributed by atoms with E-state index in [0.717, 1.165) is 10.0 Å². The first-order valence-electron chi connectivity index (χ1n) is 9.27. The highest BCUT2D eigenvalue weighted by Crippen LogP contribution is 2.50. The number of carbonyl (C=O) groups is 1. The van der Waals surface area contributed by atoms with Gasteiger partial charge in [0.1, 0.15) is 5.60 Å². The second-order valence-corrected chi connectivity index (χ2v) is 8.15. The summed E-state index contributed by atoms with van der Waals surface area (Å²) in [6.07, 6.45) is 1.62. The molecule has 146 valence electrons. The van der Waals surface area contributed by atoms with Gasteiger partial charge in [0, 0.05) is 16.6 Å². The van der Waals surface area contributed by atoms with Crippen LogP contribution in [-0.2, 0) is 10.4 Å². The summed E-state index contributed by atoms with van der Waals surface area (Å²) in [7, 11) is 0. The highest BCUT2D eigenvalue weighted by Gasteiger charge is 2.53. The molecule has 0 amide bonds. The number of aliphatic carboxylic acids is 1. The lowest BCUT2D eigenvalue weighted by molar-refractivity contribution is -0.141. The third kappa shape index (κ3) is 3.59. The maximum atomic E-state index is 12.5. The number of carboxylic acids is 1. The van der Waals surface area contributed by atoms with Crippen LogP contribution in [0.2, 0.25) is 0 Å². The first kappa shape index (κ1) is 19.4. The molecule has 0 spiro atoms. The van der Waals surface area contributed by atoms with Gasteiger partial charge in [-0.2, -0.15) is 0 Å². The van der Waals surface area contributed by atoms with Crippen molar-refractivity contribution in [2.24, 2.45) is 0 Å². The lowest BCUT2D eigenvalue weighted by Crippen LogP contribution is -2.46. The SMILES string of the molecule is O=C(O)[C@]1(Nc2ccc(Br)cc2)C=C(c2ccccc2)[C@@](O)(c2ccccc2)C1. The third-order valence-corrected chi connectivity index (χ3v) is 5.83. The van der Waals surface area contributed by atoms with Crippen molar-refractivity contribution in [2.75, 3.05) is 5.32 Å². The van der Waals surface area contributed by atoms with Crippen LogP contribution in [0.1, 0.15) is 17.5 Å². The van der Waals surface area contributed by atoms with Crippen LogP contribution in [0.5, 0.6) is 0 Å². The van der Waals surface area contributed by atoms with E-state index in [0.29, 0.717) is 16.8 Å². The Morgan fingerprint density at radius 2 is 1.48 bits per heavy atom. The maximum Gasteiger partial charge on any atom is 0.333 e. The fraction of sp³-hybridized carbons (Fsp3) is 0.125. The average molecular weight is 450 g/mol. The minimum absolute atomic E-state index is 0.0281. The van der Waals surface area contributed by atoms with Crippen molar-refractivity contribution in [3.8, 4) is 0 Å². The Morgan fingerprint density at radius 3 is 2.07 bits per heavy atom. The summed E-state index contributed by atoms with van der Waals surface area (Å²) in [5, 5.41) is 25.1. The monoisotopic (exact) mass is 449 g/mol. The van der Waals surface area contributed by atoms with E-state index in [1.54, 1.807) is 6.08 Å². The van der Waals surface area contributed by atoms with Crippen LogP contribution >= 0.6 is 15.9 Å². The lowest BCUT2D eigenvalue weighted by atomic mass is 9.82. The van der Waals surface area contributed by atoms with Crippen LogP contribution in [0.3, 0.4) is 0 Å². The molecule has 4 rings (SSSR count). The number of aliphatic hydroxyl groups is 1. The zero-order chi connectivity index (χ0) is 20.5. The first-order valence-corrected chi connectivity index (χ1v) is 10.1. The summed E-state index contributed by atoms with van der Waals surface area (Å²) in [5.74, 6) is -1.04. The molecule has 0 radical (unpaired) electrons. The molecule has 29 heavy (non-hydrogen) atoms. The summed E-state index contributed by atoms with van der Waals surface area (Å²) in [5.41, 5.74) is -0.198. The number of benzene rings is 3. The number of hydrogen-bond acceptors (Lipinski definition) is 3. The van der Waals surface area contributed by atoms with Crippen molar-refractivity contribution < 1.29 is 15.0 Å². The van der Waals surface area contributed by atoms with Crippen molar-refractivity contribution in [2.45, 2.75) is 17.6 Å². The van der Waals surface area contributed by atoms with Gasteiger partial charge in [-0.3, -0.25) is 0 Å². The molecular weight excluding hydrogens is 430 g/mol. The van der Waals surface area contributed by atoms with Crippen LogP contribution < -0.4 is 5.32 Å². The summed E-state index contributed by atoms with van der Waals surface area (Å²) >= 11 is 3.39. The molecule has 5 heteroatoms. The fourth-order valence-corrected chi connectivity index (χ4v) is 4.15. The van der Waals surface area contributed by atoms with Crippen molar-refractivity contribution in [1.82, 2.24) is 0 Å². The minimum atomic E-state index is -1.45. The maximum absolute atomic E-state index is 12.5. The van der Waals surface area contributed by atoms with Crippen molar-refractivity contribution in [3.05, 3.63) is 107 Å². The normalized spacial score (nSPS) is 23.4. The Bertz CT molecular complexity index is 1050. The van der Waals surface area contributed by atoms with Gasteiger partial charge in [0.2, 0.25) is 0 Å². The van der Waals surface area contributed by atoms with Crippen LogP contribution in [-0.4, -0.2) is 21.7 Å². The largest absolute Gasteiger partial charge is 0.479 e. The summed E-state index contributed by atoms with van der Waals surface area (Å²) < 4.78 is 0.903. The zero-order valence-corrected chi connectivity index (χ0v) is 17.1. The van der Waals surface area contributed by atoms with Crippen molar-refractivity contribution >= 4 is 33.2 Å². The topological polar surface area (TPSA) is 69.6 Å². The van der Waals surface area contributed by atoms with E-state index in [2.05, 4.69) is 21.2 Å². The molecule has 2 atom stereocenters. The highest BCUT2D eigenvalue weighted by molar-refractivity contribution is 9.10. The average Bonchev–Trinajstić information content (AvgIpc) is 3.06. The molecule has 0 aromatic heterocycles. The smallest absolute Gasteiger partial charge is 0.333 e.